The van der Waals surface area contributed by atoms with Crippen LogP contribution >= 0.6 is 0 Å². The molecule has 0 unspecified atom stereocenters. The van der Waals surface area contributed by atoms with E-state index >= 15 is 0 Å². The topological polar surface area (TPSA) is 90.4 Å². The summed E-state index contributed by atoms with van der Waals surface area (Å²) in [7, 11) is 0. The van der Waals surface area contributed by atoms with Crippen LogP contribution < -0.4 is 15.7 Å². The van der Waals surface area contributed by atoms with Crippen molar-refractivity contribution in [3.63, 3.8) is 0 Å². The average Bonchev–Trinajstić information content (AvgIpc) is 2.65. The maximum atomic E-state index is 11.3. The van der Waals surface area contributed by atoms with E-state index in [0.29, 0.717) is 11.9 Å². The number of hydroxylamine groups is 1. The summed E-state index contributed by atoms with van der Waals surface area (Å²) in [6.07, 6.45) is 7.75. The Morgan fingerprint density at radius 1 is 1.38 bits per heavy atom. The van der Waals surface area contributed by atoms with Gasteiger partial charge in [-0.1, -0.05) is 24.8 Å². The standard InChI is InChI=1S/C17H25N5O2/c1-3-13(2)4-7-18-10-14-5-8-22(9-6-14)17-19-11-15(12-20-17)16(23)21-24/h3,11-12,14,18,24H,1-2,4-10H2,(H,21,23). The highest BCUT2D eigenvalue weighted by molar-refractivity contribution is 5.92. The molecule has 0 spiro atoms. The Kier molecular flexibility index (Phi) is 6.89. The second kappa shape index (κ2) is 9.14. The minimum Gasteiger partial charge on any atom is -0.341 e. The minimum atomic E-state index is -0.606. The van der Waals surface area contributed by atoms with Crippen LogP contribution in [-0.4, -0.2) is 47.3 Å². The SMILES string of the molecule is C=CC(=C)CCNCC1CCN(c2ncc(C(=O)NO)cn2)CC1. The number of allylic oxidation sites excluding steroid dienone is 1. The van der Waals surface area contributed by atoms with E-state index in [9.17, 15) is 4.79 Å². The normalized spacial score (nSPS) is 15.1. The summed E-state index contributed by atoms with van der Waals surface area (Å²) in [4.78, 5) is 21.8. The molecule has 0 saturated carbocycles. The Balaban J connectivity index is 1.73. The molecule has 1 saturated heterocycles. The summed E-state index contributed by atoms with van der Waals surface area (Å²) in [5, 5.41) is 12.1. The number of hydrogen-bond acceptors (Lipinski definition) is 6. The quantitative estimate of drug-likeness (QED) is 0.290. The number of nitrogens with zero attached hydrogens (tertiary/aromatic N) is 3. The lowest BCUT2D eigenvalue weighted by Gasteiger charge is -2.32. The zero-order valence-electron chi connectivity index (χ0n) is 13.9. The van der Waals surface area contributed by atoms with Gasteiger partial charge in [-0.15, -0.1) is 0 Å². The number of rotatable bonds is 8. The van der Waals surface area contributed by atoms with Crippen LogP contribution in [-0.2, 0) is 0 Å². The number of aromatic nitrogens is 2. The molecule has 1 aromatic rings. The fraction of sp³-hybridized carbons (Fsp3) is 0.471. The molecule has 130 valence electrons. The van der Waals surface area contributed by atoms with Gasteiger partial charge in [0.1, 0.15) is 0 Å². The van der Waals surface area contributed by atoms with Crippen molar-refractivity contribution in [2.24, 2.45) is 5.92 Å². The van der Waals surface area contributed by atoms with E-state index in [4.69, 9.17) is 5.21 Å². The predicted molar refractivity (Wildman–Crippen MR) is 93.0 cm³/mol. The summed E-state index contributed by atoms with van der Waals surface area (Å²) in [6.45, 7) is 11.4. The summed E-state index contributed by atoms with van der Waals surface area (Å²) in [5.41, 5.74) is 2.87. The van der Waals surface area contributed by atoms with E-state index < -0.39 is 5.91 Å². The molecule has 0 bridgehead atoms. The molecule has 2 rings (SSSR count). The van der Waals surface area contributed by atoms with Gasteiger partial charge in [0.05, 0.1) is 5.56 Å². The molecule has 3 N–H and O–H groups in total. The molecule has 0 aliphatic carbocycles. The third kappa shape index (κ3) is 5.14. The van der Waals surface area contributed by atoms with Crippen molar-refractivity contribution < 1.29 is 10.0 Å². The van der Waals surface area contributed by atoms with Crippen LogP contribution in [0.2, 0.25) is 0 Å². The summed E-state index contributed by atoms with van der Waals surface area (Å²) >= 11 is 0. The molecule has 1 amide bonds. The van der Waals surface area contributed by atoms with Gasteiger partial charge in [0.15, 0.2) is 0 Å². The number of nitrogens with one attached hydrogen (secondary N) is 2. The van der Waals surface area contributed by atoms with E-state index in [1.165, 1.54) is 12.4 Å². The van der Waals surface area contributed by atoms with Crippen LogP contribution in [0, 0.1) is 5.92 Å². The van der Waals surface area contributed by atoms with Crippen LogP contribution in [0.3, 0.4) is 0 Å². The zero-order valence-corrected chi connectivity index (χ0v) is 13.9. The average molecular weight is 331 g/mol. The molecule has 1 fully saturated rings. The molecule has 7 nitrogen and oxygen atoms in total. The lowest BCUT2D eigenvalue weighted by Crippen LogP contribution is -2.38. The smallest absolute Gasteiger partial charge is 0.277 e. The van der Waals surface area contributed by atoms with Crippen LogP contribution in [0.4, 0.5) is 5.95 Å². The molecular formula is C17H25N5O2. The fourth-order valence-corrected chi connectivity index (χ4v) is 2.66. The maximum absolute atomic E-state index is 11.3. The molecule has 0 radical (unpaired) electrons. The second-order valence-corrected chi connectivity index (χ2v) is 5.96. The van der Waals surface area contributed by atoms with Crippen molar-refractivity contribution in [3.8, 4) is 0 Å². The summed E-state index contributed by atoms with van der Waals surface area (Å²) < 4.78 is 0. The fourth-order valence-electron chi connectivity index (χ4n) is 2.66. The van der Waals surface area contributed by atoms with Gasteiger partial charge in [0.25, 0.3) is 5.91 Å². The van der Waals surface area contributed by atoms with Crippen LogP contribution in [0.1, 0.15) is 29.6 Å². The van der Waals surface area contributed by atoms with E-state index in [1.54, 1.807) is 11.6 Å². The van der Waals surface area contributed by atoms with Gasteiger partial charge in [-0.3, -0.25) is 10.0 Å². The van der Waals surface area contributed by atoms with E-state index in [-0.39, 0.29) is 5.56 Å². The van der Waals surface area contributed by atoms with Gasteiger partial charge in [0.2, 0.25) is 5.95 Å². The van der Waals surface area contributed by atoms with E-state index in [0.717, 1.165) is 51.0 Å². The van der Waals surface area contributed by atoms with E-state index in [2.05, 4.69) is 33.3 Å². The van der Waals surface area contributed by atoms with Gasteiger partial charge >= 0.3 is 0 Å². The Bertz CT molecular complexity index is 565. The first-order valence-electron chi connectivity index (χ1n) is 8.16. The number of carbonyl (C=O) groups is 1. The Morgan fingerprint density at radius 2 is 2.04 bits per heavy atom. The van der Waals surface area contributed by atoms with Crippen LogP contribution in [0.25, 0.3) is 0 Å². The monoisotopic (exact) mass is 331 g/mol. The number of hydrogen-bond donors (Lipinski definition) is 3. The minimum absolute atomic E-state index is 0.237. The molecule has 24 heavy (non-hydrogen) atoms. The molecule has 1 aliphatic rings. The Labute approximate surface area is 142 Å². The van der Waals surface area contributed by atoms with Gasteiger partial charge < -0.3 is 10.2 Å². The predicted octanol–water partition coefficient (Wildman–Crippen LogP) is 1.53. The third-order valence-electron chi connectivity index (χ3n) is 4.24. The molecular weight excluding hydrogens is 306 g/mol. The Hall–Kier alpha value is -2.25. The molecule has 1 aromatic heterocycles. The highest BCUT2D eigenvalue weighted by Crippen LogP contribution is 2.20. The van der Waals surface area contributed by atoms with Crippen molar-refractivity contribution in [1.29, 1.82) is 0 Å². The van der Waals surface area contributed by atoms with Crippen molar-refractivity contribution in [3.05, 3.63) is 42.8 Å². The first-order valence-corrected chi connectivity index (χ1v) is 8.16. The zero-order chi connectivity index (χ0) is 17.4. The van der Waals surface area contributed by atoms with Crippen molar-refractivity contribution >= 4 is 11.9 Å². The van der Waals surface area contributed by atoms with Crippen molar-refractivity contribution in [2.75, 3.05) is 31.1 Å². The van der Waals surface area contributed by atoms with Gasteiger partial charge in [-0.25, -0.2) is 15.4 Å². The third-order valence-corrected chi connectivity index (χ3v) is 4.24. The molecule has 0 atom stereocenters. The lowest BCUT2D eigenvalue weighted by molar-refractivity contribution is 0.0705. The number of anilines is 1. The highest BCUT2D eigenvalue weighted by Gasteiger charge is 2.20. The lowest BCUT2D eigenvalue weighted by atomic mass is 9.97. The van der Waals surface area contributed by atoms with Gasteiger partial charge in [-0.2, -0.15) is 0 Å². The number of amides is 1. The Morgan fingerprint density at radius 3 is 2.62 bits per heavy atom. The summed E-state index contributed by atoms with van der Waals surface area (Å²) in [5.74, 6) is 0.668. The molecule has 2 heterocycles. The first kappa shape index (κ1) is 18.1. The highest BCUT2D eigenvalue weighted by atomic mass is 16.5. The number of carbonyl (C=O) groups excluding carboxylic acids is 1. The van der Waals surface area contributed by atoms with E-state index in [1.807, 2.05) is 0 Å². The first-order chi connectivity index (χ1) is 11.6. The number of piperidine rings is 1. The molecule has 7 heteroatoms. The van der Waals surface area contributed by atoms with Crippen LogP contribution in [0.5, 0.6) is 0 Å². The largest absolute Gasteiger partial charge is 0.341 e. The van der Waals surface area contributed by atoms with Crippen LogP contribution in [0.15, 0.2) is 37.2 Å². The van der Waals surface area contributed by atoms with Crippen molar-refractivity contribution in [1.82, 2.24) is 20.8 Å². The van der Waals surface area contributed by atoms with Crippen molar-refractivity contribution in [2.45, 2.75) is 19.3 Å². The maximum Gasteiger partial charge on any atom is 0.277 e. The summed E-state index contributed by atoms with van der Waals surface area (Å²) in [6, 6.07) is 0. The molecule has 0 aromatic carbocycles. The molecule has 1 aliphatic heterocycles. The van der Waals surface area contributed by atoms with Gasteiger partial charge in [-0.05, 0) is 38.3 Å². The second-order valence-electron chi connectivity index (χ2n) is 5.96. The van der Waals surface area contributed by atoms with Gasteiger partial charge in [0, 0.05) is 25.5 Å².